The first kappa shape index (κ1) is 17.5. The first-order valence-electron chi connectivity index (χ1n) is 7.00. The number of nitrogens with one attached hydrogen (secondary N) is 1. The van der Waals surface area contributed by atoms with Gasteiger partial charge in [0.15, 0.2) is 0 Å². The van der Waals surface area contributed by atoms with Crippen LogP contribution < -0.4 is 11.1 Å². The topological polar surface area (TPSA) is 121 Å². The standard InChI is InChI=1S/C15H16N2O6S/c1-3-21-15(20)10-8(11(13(18)17-2)24-12(10)16)7-23-14(19)9-5-4-6-22-9/h4-6H,3,7,16H2,1-2H3,(H,17,18). The third-order valence-corrected chi connectivity index (χ3v) is 4.08. The summed E-state index contributed by atoms with van der Waals surface area (Å²) in [6, 6.07) is 2.98. The number of carbonyl (C=O) groups is 3. The Balaban J connectivity index is 2.32. The van der Waals surface area contributed by atoms with Gasteiger partial charge in [0.05, 0.1) is 12.9 Å². The highest BCUT2D eigenvalue weighted by Crippen LogP contribution is 2.32. The first-order chi connectivity index (χ1) is 11.5. The van der Waals surface area contributed by atoms with Crippen LogP contribution in [0.3, 0.4) is 0 Å². The molecule has 0 radical (unpaired) electrons. The van der Waals surface area contributed by atoms with E-state index in [1.165, 1.54) is 19.4 Å². The third kappa shape index (κ3) is 3.57. The molecule has 0 saturated heterocycles. The summed E-state index contributed by atoms with van der Waals surface area (Å²) in [7, 11) is 1.45. The van der Waals surface area contributed by atoms with E-state index in [-0.39, 0.29) is 40.0 Å². The highest BCUT2D eigenvalue weighted by atomic mass is 32.1. The number of thiophene rings is 1. The fourth-order valence-corrected chi connectivity index (χ4v) is 2.96. The average Bonchev–Trinajstić information content (AvgIpc) is 3.20. The summed E-state index contributed by atoms with van der Waals surface area (Å²) in [5.41, 5.74) is 6.08. The minimum Gasteiger partial charge on any atom is -0.462 e. The molecule has 0 aromatic carbocycles. The van der Waals surface area contributed by atoms with Crippen molar-refractivity contribution in [1.29, 1.82) is 0 Å². The van der Waals surface area contributed by atoms with Crippen molar-refractivity contribution in [1.82, 2.24) is 5.32 Å². The van der Waals surface area contributed by atoms with Gasteiger partial charge >= 0.3 is 11.9 Å². The van der Waals surface area contributed by atoms with Crippen LogP contribution in [0.15, 0.2) is 22.8 Å². The lowest BCUT2D eigenvalue weighted by Crippen LogP contribution is -2.19. The molecular formula is C15H16N2O6S. The van der Waals surface area contributed by atoms with Gasteiger partial charge in [0.2, 0.25) is 5.76 Å². The van der Waals surface area contributed by atoms with Gasteiger partial charge in [0.1, 0.15) is 22.0 Å². The number of esters is 2. The lowest BCUT2D eigenvalue weighted by molar-refractivity contribution is 0.0419. The molecule has 24 heavy (non-hydrogen) atoms. The second-order valence-electron chi connectivity index (χ2n) is 4.50. The second kappa shape index (κ2) is 7.64. The molecule has 0 bridgehead atoms. The molecule has 3 N–H and O–H groups in total. The minimum atomic E-state index is -0.720. The van der Waals surface area contributed by atoms with Crippen LogP contribution in [0.25, 0.3) is 0 Å². The number of nitrogens with two attached hydrogens (primary N) is 1. The molecule has 2 aromatic heterocycles. The maximum Gasteiger partial charge on any atom is 0.374 e. The number of hydrogen-bond donors (Lipinski definition) is 2. The maximum atomic E-state index is 12.1. The molecule has 0 aliphatic rings. The van der Waals surface area contributed by atoms with E-state index in [2.05, 4.69) is 5.32 Å². The van der Waals surface area contributed by atoms with E-state index in [1.807, 2.05) is 0 Å². The van der Waals surface area contributed by atoms with Crippen LogP contribution in [0.5, 0.6) is 0 Å². The monoisotopic (exact) mass is 352 g/mol. The van der Waals surface area contributed by atoms with Crippen LogP contribution in [0.1, 0.15) is 43.1 Å². The number of rotatable bonds is 6. The van der Waals surface area contributed by atoms with Crippen molar-refractivity contribution in [3.05, 3.63) is 40.2 Å². The molecule has 0 aliphatic carbocycles. The summed E-state index contributed by atoms with van der Waals surface area (Å²) < 4.78 is 15.0. The van der Waals surface area contributed by atoms with Gasteiger partial charge in [0, 0.05) is 12.6 Å². The first-order valence-corrected chi connectivity index (χ1v) is 7.82. The van der Waals surface area contributed by atoms with Gasteiger partial charge in [-0.3, -0.25) is 4.79 Å². The predicted octanol–water partition coefficient (Wildman–Crippen LogP) is 1.82. The average molecular weight is 352 g/mol. The Morgan fingerprint density at radius 3 is 2.62 bits per heavy atom. The molecule has 2 heterocycles. The highest BCUT2D eigenvalue weighted by molar-refractivity contribution is 7.18. The van der Waals surface area contributed by atoms with E-state index in [4.69, 9.17) is 19.6 Å². The zero-order chi connectivity index (χ0) is 17.7. The van der Waals surface area contributed by atoms with Gasteiger partial charge in [0.25, 0.3) is 5.91 Å². The summed E-state index contributed by atoms with van der Waals surface area (Å²) in [5.74, 6) is -1.82. The molecule has 0 unspecified atom stereocenters. The zero-order valence-corrected chi connectivity index (χ0v) is 13.9. The van der Waals surface area contributed by atoms with Crippen molar-refractivity contribution in [2.45, 2.75) is 13.5 Å². The molecule has 2 rings (SSSR count). The Kier molecular flexibility index (Phi) is 5.59. The lowest BCUT2D eigenvalue weighted by Gasteiger charge is -2.08. The van der Waals surface area contributed by atoms with Crippen molar-refractivity contribution in [3.63, 3.8) is 0 Å². The number of carbonyl (C=O) groups excluding carboxylic acids is 3. The van der Waals surface area contributed by atoms with Gasteiger partial charge in [-0.25, -0.2) is 9.59 Å². The molecule has 0 aliphatic heterocycles. The van der Waals surface area contributed by atoms with E-state index in [1.54, 1.807) is 13.0 Å². The number of nitrogen functional groups attached to an aromatic ring is 1. The fraction of sp³-hybridized carbons (Fsp3) is 0.267. The number of hydrogen-bond acceptors (Lipinski definition) is 8. The van der Waals surface area contributed by atoms with Crippen molar-refractivity contribution in [3.8, 4) is 0 Å². The summed E-state index contributed by atoms with van der Waals surface area (Å²) in [6.07, 6.45) is 1.33. The molecule has 0 atom stereocenters. The Morgan fingerprint density at radius 2 is 2.04 bits per heavy atom. The normalized spacial score (nSPS) is 10.2. The Hall–Kier alpha value is -2.81. The lowest BCUT2D eigenvalue weighted by atomic mass is 10.1. The second-order valence-corrected chi connectivity index (χ2v) is 5.55. The summed E-state index contributed by atoms with van der Waals surface area (Å²) in [6.45, 7) is 1.48. The quantitative estimate of drug-likeness (QED) is 0.761. The molecule has 0 fully saturated rings. The number of furan rings is 1. The van der Waals surface area contributed by atoms with Crippen molar-refractivity contribution in [2.75, 3.05) is 19.4 Å². The Labute approximate surface area is 141 Å². The van der Waals surface area contributed by atoms with E-state index in [0.717, 1.165) is 11.3 Å². The van der Waals surface area contributed by atoms with E-state index < -0.39 is 17.8 Å². The van der Waals surface area contributed by atoms with Crippen molar-refractivity contribution in [2.24, 2.45) is 0 Å². The largest absolute Gasteiger partial charge is 0.462 e. The molecule has 2 aromatic rings. The number of amides is 1. The SMILES string of the molecule is CCOC(=O)c1c(N)sc(C(=O)NC)c1COC(=O)c1ccco1. The molecule has 0 spiro atoms. The summed E-state index contributed by atoms with van der Waals surface area (Å²) in [5, 5.41) is 2.57. The minimum absolute atomic E-state index is 0.0115. The Morgan fingerprint density at radius 1 is 1.29 bits per heavy atom. The smallest absolute Gasteiger partial charge is 0.374 e. The number of ether oxygens (including phenoxy) is 2. The summed E-state index contributed by atoms with van der Waals surface area (Å²) >= 11 is 0.927. The molecule has 128 valence electrons. The third-order valence-electron chi connectivity index (χ3n) is 3.02. The molecule has 9 heteroatoms. The Bertz CT molecular complexity index is 750. The van der Waals surface area contributed by atoms with E-state index in [9.17, 15) is 14.4 Å². The van der Waals surface area contributed by atoms with Crippen LogP contribution in [-0.4, -0.2) is 31.5 Å². The summed E-state index contributed by atoms with van der Waals surface area (Å²) in [4.78, 5) is 36.2. The van der Waals surface area contributed by atoms with Crippen molar-refractivity contribution < 1.29 is 28.3 Å². The van der Waals surface area contributed by atoms with Crippen LogP contribution >= 0.6 is 11.3 Å². The maximum absolute atomic E-state index is 12.1. The van der Waals surface area contributed by atoms with Crippen LogP contribution in [0.4, 0.5) is 5.00 Å². The molecule has 1 amide bonds. The highest BCUT2D eigenvalue weighted by Gasteiger charge is 2.27. The van der Waals surface area contributed by atoms with Crippen molar-refractivity contribution >= 4 is 34.2 Å². The van der Waals surface area contributed by atoms with Gasteiger partial charge < -0.3 is 24.9 Å². The van der Waals surface area contributed by atoms with E-state index in [0.29, 0.717) is 0 Å². The van der Waals surface area contributed by atoms with Gasteiger partial charge in [-0.2, -0.15) is 0 Å². The predicted molar refractivity (Wildman–Crippen MR) is 85.9 cm³/mol. The van der Waals surface area contributed by atoms with Gasteiger partial charge in [-0.15, -0.1) is 11.3 Å². The zero-order valence-electron chi connectivity index (χ0n) is 13.1. The fourth-order valence-electron chi connectivity index (χ4n) is 1.95. The van der Waals surface area contributed by atoms with Crippen LogP contribution in [0.2, 0.25) is 0 Å². The molecule has 8 nitrogen and oxygen atoms in total. The van der Waals surface area contributed by atoms with Gasteiger partial charge in [-0.1, -0.05) is 0 Å². The van der Waals surface area contributed by atoms with Crippen LogP contribution in [0, 0.1) is 0 Å². The van der Waals surface area contributed by atoms with E-state index >= 15 is 0 Å². The number of anilines is 1. The van der Waals surface area contributed by atoms with Gasteiger partial charge in [-0.05, 0) is 19.1 Å². The van der Waals surface area contributed by atoms with Crippen LogP contribution in [-0.2, 0) is 16.1 Å². The molecular weight excluding hydrogens is 336 g/mol. The molecule has 0 saturated carbocycles.